The van der Waals surface area contributed by atoms with Gasteiger partial charge in [0.2, 0.25) is 5.78 Å². The summed E-state index contributed by atoms with van der Waals surface area (Å²) < 4.78 is 0. The molecule has 0 aliphatic heterocycles. The normalized spacial score (nSPS) is 26.8. The number of aromatic hydroxyl groups is 1. The first-order valence-electron chi connectivity index (χ1n) is 12.0. The summed E-state index contributed by atoms with van der Waals surface area (Å²) in [6.07, 6.45) is -1.59. The molecule has 2 aliphatic rings. The summed E-state index contributed by atoms with van der Waals surface area (Å²) in [4.78, 5) is 44.3. The first kappa shape index (κ1) is 28.2. The number of phenols is 1. The third-order valence-electron chi connectivity index (χ3n) is 7.02. The number of amides is 1. The van der Waals surface area contributed by atoms with Crippen molar-refractivity contribution in [2.24, 2.45) is 11.7 Å². The number of Topliss-reactive ketones (excluding diaryl/α,β-unsaturated/α-hetero) is 2. The number of likely N-dealkylation sites (N-methyl/N-ethyl adjacent to an activating group) is 1. The fraction of sp³-hybridized carbons (Fsp3) is 0.500. The zero-order valence-electron chi connectivity index (χ0n) is 22.1. The SMILES string of the molecule is CN(C)Cc1cc(N(C)C)c2c(c1O)C(=O)/C1=C(\O)[C@H](O)C(=O)/C(C(N)=O)=C(/O)[C@@H](N(C)C)CC[C@@H]1C2. The predicted octanol–water partition coefficient (Wildman–Crippen LogP) is 0.638. The Morgan fingerprint density at radius 1 is 1.03 bits per heavy atom. The molecule has 3 atom stereocenters. The Morgan fingerprint density at radius 3 is 2.16 bits per heavy atom. The summed E-state index contributed by atoms with van der Waals surface area (Å²) in [5.74, 6) is -5.63. The molecule has 11 heteroatoms. The monoisotopic (exact) mass is 516 g/mol. The number of ketones is 2. The highest BCUT2D eigenvalue weighted by Gasteiger charge is 2.43. The first-order chi connectivity index (χ1) is 17.2. The van der Waals surface area contributed by atoms with Gasteiger partial charge in [0.25, 0.3) is 5.91 Å². The van der Waals surface area contributed by atoms with Gasteiger partial charge in [0.15, 0.2) is 11.9 Å². The topological polar surface area (TPSA) is 168 Å². The number of aliphatic hydroxyl groups is 3. The van der Waals surface area contributed by atoms with Crippen molar-refractivity contribution >= 4 is 23.2 Å². The van der Waals surface area contributed by atoms with Crippen LogP contribution in [-0.4, -0.2) is 102 Å². The lowest BCUT2D eigenvalue weighted by Gasteiger charge is -2.34. The van der Waals surface area contributed by atoms with E-state index in [9.17, 15) is 34.8 Å². The van der Waals surface area contributed by atoms with Crippen molar-refractivity contribution in [1.29, 1.82) is 0 Å². The van der Waals surface area contributed by atoms with E-state index >= 15 is 0 Å². The second-order valence-electron chi connectivity index (χ2n) is 10.4. The molecule has 0 radical (unpaired) electrons. The molecule has 1 aromatic carbocycles. The van der Waals surface area contributed by atoms with E-state index in [0.29, 0.717) is 17.7 Å². The number of benzene rings is 1. The third-order valence-corrected chi connectivity index (χ3v) is 7.02. The molecule has 0 spiro atoms. The lowest BCUT2D eigenvalue weighted by molar-refractivity contribution is -0.126. The van der Waals surface area contributed by atoms with Crippen LogP contribution in [-0.2, 0) is 22.6 Å². The first-order valence-corrected chi connectivity index (χ1v) is 12.0. The van der Waals surface area contributed by atoms with Crippen LogP contribution in [0.5, 0.6) is 5.75 Å². The van der Waals surface area contributed by atoms with Crippen LogP contribution in [0.15, 0.2) is 28.7 Å². The largest absolute Gasteiger partial charge is 0.510 e. The summed E-state index contributed by atoms with van der Waals surface area (Å²) in [6.45, 7) is 0.347. The molecule has 1 amide bonds. The van der Waals surface area contributed by atoms with Gasteiger partial charge in [0.1, 0.15) is 22.8 Å². The van der Waals surface area contributed by atoms with Crippen molar-refractivity contribution in [3.63, 3.8) is 0 Å². The van der Waals surface area contributed by atoms with Crippen LogP contribution in [0, 0.1) is 5.92 Å². The molecule has 0 aromatic heterocycles. The molecule has 0 saturated carbocycles. The van der Waals surface area contributed by atoms with Crippen LogP contribution >= 0.6 is 0 Å². The molecular formula is C26H36N4O7. The van der Waals surface area contributed by atoms with E-state index in [4.69, 9.17) is 5.73 Å². The summed E-state index contributed by atoms with van der Waals surface area (Å²) >= 11 is 0. The minimum atomic E-state index is -2.30. The van der Waals surface area contributed by atoms with Gasteiger partial charge in [-0.05, 0) is 65.0 Å². The standard InChI is InChI=1S/C26H36N4O7/c1-28(2)11-13-10-16(30(5)6)14-9-12-7-8-15(29(3)4)21(32)19(26(27)37)24(35)25(36)23(34)17(12)22(33)18(14)20(13)31/h10,12,15,25,31-32,34,36H,7-9,11H2,1-6H3,(H2,27,37)/b21-19-,23-17-/t12-,15+,25+/m1/s1. The Morgan fingerprint density at radius 2 is 1.65 bits per heavy atom. The van der Waals surface area contributed by atoms with Crippen LogP contribution in [0.1, 0.15) is 34.3 Å². The maximum atomic E-state index is 13.9. The lowest BCUT2D eigenvalue weighted by atomic mass is 9.73. The third kappa shape index (κ3) is 5.07. The predicted molar refractivity (Wildman–Crippen MR) is 138 cm³/mol. The van der Waals surface area contributed by atoms with Crippen LogP contribution in [0.25, 0.3) is 0 Å². The van der Waals surface area contributed by atoms with Gasteiger partial charge in [0, 0.05) is 37.5 Å². The number of aliphatic hydroxyl groups excluding tert-OH is 3. The summed E-state index contributed by atoms with van der Waals surface area (Å²) in [7, 11) is 10.6. The quantitative estimate of drug-likeness (QED) is 0.350. The number of phenolic OH excluding ortho intramolecular Hbond substituents is 1. The Balaban J connectivity index is 2.30. The molecule has 37 heavy (non-hydrogen) atoms. The molecule has 2 aliphatic carbocycles. The molecule has 0 unspecified atom stereocenters. The smallest absolute Gasteiger partial charge is 0.255 e. The summed E-state index contributed by atoms with van der Waals surface area (Å²) in [5.41, 5.74) is 6.17. The van der Waals surface area contributed by atoms with Crippen molar-refractivity contribution in [1.82, 2.24) is 9.80 Å². The second kappa shape index (κ2) is 10.5. The van der Waals surface area contributed by atoms with Crippen molar-refractivity contribution in [3.05, 3.63) is 45.4 Å². The Kier molecular flexibility index (Phi) is 8.01. The highest BCUT2D eigenvalue weighted by Crippen LogP contribution is 2.45. The molecule has 1 aromatic rings. The summed E-state index contributed by atoms with van der Waals surface area (Å²) in [6, 6.07) is 1.02. The number of hydrogen-bond acceptors (Lipinski definition) is 10. The fourth-order valence-electron chi connectivity index (χ4n) is 5.25. The Labute approximate surface area is 216 Å². The van der Waals surface area contributed by atoms with Gasteiger partial charge >= 0.3 is 0 Å². The van der Waals surface area contributed by atoms with Gasteiger partial charge in [-0.15, -0.1) is 0 Å². The van der Waals surface area contributed by atoms with E-state index in [1.807, 2.05) is 44.1 Å². The number of primary amides is 1. The van der Waals surface area contributed by atoms with Gasteiger partial charge in [0.05, 0.1) is 11.6 Å². The minimum Gasteiger partial charge on any atom is -0.510 e. The number of allylic oxidation sites excluding steroid dienone is 1. The van der Waals surface area contributed by atoms with Crippen molar-refractivity contribution in [2.45, 2.75) is 38.0 Å². The number of fused-ring (bicyclic) bond motifs is 2. The maximum Gasteiger partial charge on any atom is 0.255 e. The van der Waals surface area contributed by atoms with Gasteiger partial charge in [-0.2, -0.15) is 0 Å². The van der Waals surface area contributed by atoms with Crippen molar-refractivity contribution in [2.75, 3.05) is 47.2 Å². The number of nitrogens with two attached hydrogens (primary N) is 1. The van der Waals surface area contributed by atoms with E-state index < -0.39 is 52.6 Å². The molecular weight excluding hydrogens is 480 g/mol. The number of hydrogen-bond donors (Lipinski definition) is 5. The van der Waals surface area contributed by atoms with E-state index in [2.05, 4.69) is 0 Å². The highest BCUT2D eigenvalue weighted by atomic mass is 16.3. The lowest BCUT2D eigenvalue weighted by Crippen LogP contribution is -2.40. The maximum absolute atomic E-state index is 13.9. The highest BCUT2D eigenvalue weighted by molar-refractivity contribution is 6.22. The number of nitrogens with zero attached hydrogens (tertiary/aromatic N) is 3. The van der Waals surface area contributed by atoms with Gasteiger partial charge in [-0.25, -0.2) is 0 Å². The van der Waals surface area contributed by atoms with Gasteiger partial charge in [-0.3, -0.25) is 19.3 Å². The minimum absolute atomic E-state index is 0.00947. The van der Waals surface area contributed by atoms with Crippen LogP contribution < -0.4 is 10.6 Å². The Bertz CT molecular complexity index is 1200. The zero-order valence-corrected chi connectivity index (χ0v) is 22.1. The molecule has 0 heterocycles. The van der Waals surface area contributed by atoms with E-state index in [0.717, 1.165) is 5.69 Å². The van der Waals surface area contributed by atoms with Crippen LogP contribution in [0.2, 0.25) is 0 Å². The van der Waals surface area contributed by atoms with Crippen LogP contribution in [0.4, 0.5) is 5.69 Å². The summed E-state index contributed by atoms with van der Waals surface area (Å²) in [5, 5.41) is 43.8. The second-order valence-corrected chi connectivity index (χ2v) is 10.4. The molecule has 202 valence electrons. The number of rotatable bonds is 5. The van der Waals surface area contributed by atoms with Gasteiger partial charge < -0.3 is 36.0 Å². The van der Waals surface area contributed by atoms with Crippen molar-refractivity contribution < 1.29 is 34.8 Å². The van der Waals surface area contributed by atoms with Crippen molar-refractivity contribution in [3.8, 4) is 5.75 Å². The molecule has 0 saturated heterocycles. The fourth-order valence-corrected chi connectivity index (χ4v) is 5.25. The molecule has 3 rings (SSSR count). The molecule has 0 fully saturated rings. The molecule has 0 bridgehead atoms. The van der Waals surface area contributed by atoms with Gasteiger partial charge in [-0.1, -0.05) is 0 Å². The van der Waals surface area contributed by atoms with E-state index in [1.165, 1.54) is 0 Å². The zero-order chi connectivity index (χ0) is 27.9. The molecule has 11 nitrogen and oxygen atoms in total. The van der Waals surface area contributed by atoms with Crippen LogP contribution in [0.3, 0.4) is 0 Å². The average Bonchev–Trinajstić information content (AvgIpc) is 2.78. The Hall–Kier alpha value is -3.41. The van der Waals surface area contributed by atoms with E-state index in [-0.39, 0.29) is 36.1 Å². The average molecular weight is 517 g/mol. The number of anilines is 1. The van der Waals surface area contributed by atoms with E-state index in [1.54, 1.807) is 19.0 Å². The molecule has 6 N–H and O–H groups in total. The number of carbonyl (C=O) groups is 3. The number of carbonyl (C=O) groups excluding carboxylic acids is 3.